The van der Waals surface area contributed by atoms with E-state index >= 15 is 0 Å². The maximum absolute atomic E-state index is 12.5. The van der Waals surface area contributed by atoms with Crippen LogP contribution in [0.1, 0.15) is 37.0 Å². The van der Waals surface area contributed by atoms with Crippen molar-refractivity contribution in [3.05, 3.63) is 42.0 Å². The molecule has 0 bridgehead atoms. The van der Waals surface area contributed by atoms with Crippen molar-refractivity contribution in [2.75, 3.05) is 5.73 Å². The average Bonchev–Trinajstić information content (AvgIpc) is 2.78. The number of nitrogens with one attached hydrogen (secondary N) is 1. The summed E-state index contributed by atoms with van der Waals surface area (Å²) in [6.45, 7) is 4.47. The standard InChI is InChI=1S/C18H22N2O/c1-11-7-8-17(12(11)2)20-18(21)15-9-13-5-3-4-6-14(13)10-16(15)19/h3-6,9-12,17H,7-8,19H2,1-2H3,(H,20,21). The largest absolute Gasteiger partial charge is 0.398 e. The highest BCUT2D eigenvalue weighted by atomic mass is 16.1. The molecule has 0 aliphatic heterocycles. The number of nitrogen functional groups attached to an aromatic ring is 1. The van der Waals surface area contributed by atoms with Gasteiger partial charge in [-0.2, -0.15) is 0 Å². The molecule has 1 aliphatic rings. The topological polar surface area (TPSA) is 55.1 Å². The molecule has 3 nitrogen and oxygen atoms in total. The Hall–Kier alpha value is -2.03. The van der Waals surface area contributed by atoms with Crippen LogP contribution >= 0.6 is 0 Å². The number of hydrogen-bond acceptors (Lipinski definition) is 2. The maximum Gasteiger partial charge on any atom is 0.253 e. The fraction of sp³-hybridized carbons (Fsp3) is 0.389. The molecule has 3 atom stereocenters. The lowest BCUT2D eigenvalue weighted by Gasteiger charge is -2.20. The minimum absolute atomic E-state index is 0.0517. The van der Waals surface area contributed by atoms with Crippen molar-refractivity contribution in [1.29, 1.82) is 0 Å². The summed E-state index contributed by atoms with van der Waals surface area (Å²) >= 11 is 0. The number of nitrogens with two attached hydrogens (primary N) is 1. The van der Waals surface area contributed by atoms with E-state index in [1.807, 2.05) is 36.4 Å². The van der Waals surface area contributed by atoms with Gasteiger partial charge in [-0.05, 0) is 47.6 Å². The lowest BCUT2D eigenvalue weighted by Crippen LogP contribution is -2.37. The highest BCUT2D eigenvalue weighted by molar-refractivity contribution is 6.04. The van der Waals surface area contributed by atoms with E-state index in [0.717, 1.165) is 17.2 Å². The van der Waals surface area contributed by atoms with Crippen LogP contribution in [0.4, 0.5) is 5.69 Å². The van der Waals surface area contributed by atoms with E-state index in [0.29, 0.717) is 23.1 Å². The smallest absolute Gasteiger partial charge is 0.253 e. The van der Waals surface area contributed by atoms with Crippen LogP contribution in [0, 0.1) is 11.8 Å². The quantitative estimate of drug-likeness (QED) is 0.827. The van der Waals surface area contributed by atoms with Crippen molar-refractivity contribution in [2.45, 2.75) is 32.7 Å². The van der Waals surface area contributed by atoms with Gasteiger partial charge in [0.25, 0.3) is 5.91 Å². The normalized spacial score (nSPS) is 25.1. The number of anilines is 1. The van der Waals surface area contributed by atoms with E-state index < -0.39 is 0 Å². The average molecular weight is 282 g/mol. The second-order valence-electron chi connectivity index (χ2n) is 6.28. The molecule has 1 aliphatic carbocycles. The molecular weight excluding hydrogens is 260 g/mol. The molecule has 21 heavy (non-hydrogen) atoms. The molecule has 0 radical (unpaired) electrons. The lowest BCUT2D eigenvalue weighted by atomic mass is 9.97. The monoisotopic (exact) mass is 282 g/mol. The van der Waals surface area contributed by atoms with Gasteiger partial charge in [-0.3, -0.25) is 4.79 Å². The Balaban J connectivity index is 1.86. The molecule has 1 fully saturated rings. The molecule has 3 unspecified atom stereocenters. The van der Waals surface area contributed by atoms with Crippen LogP contribution in [-0.4, -0.2) is 11.9 Å². The summed E-state index contributed by atoms with van der Waals surface area (Å²) in [6.07, 6.45) is 2.24. The Bertz CT molecular complexity index is 680. The van der Waals surface area contributed by atoms with Gasteiger partial charge in [-0.25, -0.2) is 0 Å². The van der Waals surface area contributed by atoms with Gasteiger partial charge in [-0.15, -0.1) is 0 Å². The molecule has 0 saturated heterocycles. The second kappa shape index (κ2) is 5.40. The van der Waals surface area contributed by atoms with Gasteiger partial charge in [-0.1, -0.05) is 38.1 Å². The number of hydrogen-bond donors (Lipinski definition) is 2. The summed E-state index contributed by atoms with van der Waals surface area (Å²) in [5.41, 5.74) is 7.19. The summed E-state index contributed by atoms with van der Waals surface area (Å²) in [5.74, 6) is 1.14. The van der Waals surface area contributed by atoms with Crippen molar-refractivity contribution < 1.29 is 4.79 Å². The zero-order chi connectivity index (χ0) is 15.0. The van der Waals surface area contributed by atoms with Gasteiger partial charge in [0.15, 0.2) is 0 Å². The maximum atomic E-state index is 12.5. The molecule has 1 saturated carbocycles. The van der Waals surface area contributed by atoms with E-state index in [9.17, 15) is 4.79 Å². The van der Waals surface area contributed by atoms with E-state index in [2.05, 4.69) is 19.2 Å². The third kappa shape index (κ3) is 2.60. The molecule has 110 valence electrons. The number of benzene rings is 2. The number of carbonyl (C=O) groups excluding carboxylic acids is 1. The second-order valence-corrected chi connectivity index (χ2v) is 6.28. The number of amides is 1. The third-order valence-corrected chi connectivity index (χ3v) is 4.94. The van der Waals surface area contributed by atoms with Crippen LogP contribution < -0.4 is 11.1 Å². The predicted octanol–water partition coefficient (Wildman–Crippen LogP) is 3.59. The first kappa shape index (κ1) is 13.9. The first-order chi connectivity index (χ1) is 10.1. The highest BCUT2D eigenvalue weighted by Gasteiger charge is 2.31. The Morgan fingerprint density at radius 2 is 1.81 bits per heavy atom. The molecule has 3 heteroatoms. The fourth-order valence-electron chi connectivity index (χ4n) is 3.27. The SMILES string of the molecule is CC1CCC(NC(=O)c2cc3ccccc3cc2N)C1C. The Morgan fingerprint density at radius 1 is 1.14 bits per heavy atom. The summed E-state index contributed by atoms with van der Waals surface area (Å²) < 4.78 is 0. The van der Waals surface area contributed by atoms with Gasteiger partial charge < -0.3 is 11.1 Å². The first-order valence-corrected chi connectivity index (χ1v) is 7.65. The number of fused-ring (bicyclic) bond motifs is 1. The zero-order valence-corrected chi connectivity index (χ0v) is 12.6. The van der Waals surface area contributed by atoms with Gasteiger partial charge in [0.05, 0.1) is 5.56 Å². The van der Waals surface area contributed by atoms with E-state index in [1.54, 1.807) is 0 Å². The Morgan fingerprint density at radius 3 is 2.43 bits per heavy atom. The van der Waals surface area contributed by atoms with Crippen molar-refractivity contribution in [3.63, 3.8) is 0 Å². The highest BCUT2D eigenvalue weighted by Crippen LogP contribution is 2.31. The van der Waals surface area contributed by atoms with E-state index in [-0.39, 0.29) is 11.9 Å². The van der Waals surface area contributed by atoms with Crippen molar-refractivity contribution in [3.8, 4) is 0 Å². The molecule has 0 aromatic heterocycles. The van der Waals surface area contributed by atoms with Gasteiger partial charge >= 0.3 is 0 Å². The van der Waals surface area contributed by atoms with Crippen molar-refractivity contribution >= 4 is 22.4 Å². The zero-order valence-electron chi connectivity index (χ0n) is 12.6. The van der Waals surface area contributed by atoms with Gasteiger partial charge in [0, 0.05) is 11.7 Å². The minimum Gasteiger partial charge on any atom is -0.398 e. The molecule has 2 aromatic rings. The molecule has 0 spiro atoms. The van der Waals surface area contributed by atoms with E-state index in [1.165, 1.54) is 6.42 Å². The first-order valence-electron chi connectivity index (χ1n) is 7.65. The van der Waals surface area contributed by atoms with Gasteiger partial charge in [0.1, 0.15) is 0 Å². The van der Waals surface area contributed by atoms with Crippen LogP contribution in [0.5, 0.6) is 0 Å². The fourth-order valence-corrected chi connectivity index (χ4v) is 3.27. The summed E-state index contributed by atoms with van der Waals surface area (Å²) in [4.78, 5) is 12.5. The molecule has 0 heterocycles. The predicted molar refractivity (Wildman–Crippen MR) is 87.2 cm³/mol. The number of rotatable bonds is 2. The van der Waals surface area contributed by atoms with Crippen LogP contribution in [-0.2, 0) is 0 Å². The molecule has 3 N–H and O–H groups in total. The van der Waals surface area contributed by atoms with Crippen LogP contribution in [0.15, 0.2) is 36.4 Å². The Labute approximate surface area is 125 Å². The molecule has 2 aromatic carbocycles. The summed E-state index contributed by atoms with van der Waals surface area (Å²) in [6, 6.07) is 12.0. The summed E-state index contributed by atoms with van der Waals surface area (Å²) in [7, 11) is 0. The lowest BCUT2D eigenvalue weighted by molar-refractivity contribution is 0.0928. The molecule has 1 amide bonds. The van der Waals surface area contributed by atoms with Gasteiger partial charge in [0.2, 0.25) is 0 Å². The van der Waals surface area contributed by atoms with Crippen molar-refractivity contribution in [2.24, 2.45) is 11.8 Å². The van der Waals surface area contributed by atoms with Crippen molar-refractivity contribution in [1.82, 2.24) is 5.32 Å². The molecular formula is C18H22N2O. The Kier molecular flexibility index (Phi) is 3.58. The van der Waals surface area contributed by atoms with Crippen LogP contribution in [0.2, 0.25) is 0 Å². The minimum atomic E-state index is -0.0517. The summed E-state index contributed by atoms with van der Waals surface area (Å²) in [5, 5.41) is 5.27. The van der Waals surface area contributed by atoms with Crippen LogP contribution in [0.3, 0.4) is 0 Å². The molecule has 3 rings (SSSR count). The number of carbonyl (C=O) groups is 1. The van der Waals surface area contributed by atoms with E-state index in [4.69, 9.17) is 5.73 Å². The van der Waals surface area contributed by atoms with Crippen LogP contribution in [0.25, 0.3) is 10.8 Å². The third-order valence-electron chi connectivity index (χ3n) is 4.94.